The molecule has 0 bridgehead atoms. The number of hydrogen-bond donors (Lipinski definition) is 2. The standard InChI is InChI=1S/C29H29NO6/c1-5-36-23-15-12-19(16-21(23)17(2)3)27(32)25-26(18-10-13-20(31)14-11-18)30(29(34)28(25)33)22-8-6-7-9-24(22)35-4/h6-17,26,31-32H,5H2,1-4H3/b27-25-. The Morgan fingerprint density at radius 1 is 1.00 bits per heavy atom. The first kappa shape index (κ1) is 24.9. The van der Waals surface area contributed by atoms with Crippen LogP contribution in [-0.2, 0) is 9.59 Å². The predicted molar refractivity (Wildman–Crippen MR) is 138 cm³/mol. The van der Waals surface area contributed by atoms with E-state index >= 15 is 0 Å². The fourth-order valence-electron chi connectivity index (χ4n) is 4.47. The Hall–Kier alpha value is -4.26. The Bertz CT molecular complexity index is 1330. The summed E-state index contributed by atoms with van der Waals surface area (Å²) in [6.07, 6.45) is 0. The van der Waals surface area contributed by atoms with Crippen LogP contribution in [0.15, 0.2) is 72.3 Å². The highest BCUT2D eigenvalue weighted by atomic mass is 16.5. The number of para-hydroxylation sites is 2. The smallest absolute Gasteiger partial charge is 0.300 e. The average Bonchev–Trinajstić information content (AvgIpc) is 3.14. The summed E-state index contributed by atoms with van der Waals surface area (Å²) in [5, 5.41) is 21.3. The number of methoxy groups -OCH3 is 1. The van der Waals surface area contributed by atoms with Gasteiger partial charge in [-0.1, -0.05) is 38.1 Å². The predicted octanol–water partition coefficient (Wildman–Crippen LogP) is 5.55. The number of anilines is 1. The summed E-state index contributed by atoms with van der Waals surface area (Å²) in [7, 11) is 1.48. The van der Waals surface area contributed by atoms with Crippen molar-refractivity contribution < 1.29 is 29.3 Å². The molecule has 1 amide bonds. The third-order valence-electron chi connectivity index (χ3n) is 6.20. The SMILES string of the molecule is CCOc1ccc(/C(O)=C2/C(=O)C(=O)N(c3ccccc3OC)C2c2ccc(O)cc2)cc1C(C)C. The van der Waals surface area contributed by atoms with Gasteiger partial charge in [0.1, 0.15) is 23.0 Å². The van der Waals surface area contributed by atoms with Crippen molar-refractivity contribution in [2.45, 2.75) is 32.7 Å². The van der Waals surface area contributed by atoms with E-state index in [4.69, 9.17) is 9.47 Å². The van der Waals surface area contributed by atoms with Crippen LogP contribution in [0.4, 0.5) is 5.69 Å². The number of phenols is 1. The summed E-state index contributed by atoms with van der Waals surface area (Å²) in [6.45, 7) is 6.42. The van der Waals surface area contributed by atoms with E-state index in [-0.39, 0.29) is 23.0 Å². The molecule has 1 heterocycles. The van der Waals surface area contributed by atoms with Crippen molar-refractivity contribution in [3.05, 3.63) is 89.0 Å². The summed E-state index contributed by atoms with van der Waals surface area (Å²) < 4.78 is 11.2. The van der Waals surface area contributed by atoms with E-state index in [9.17, 15) is 19.8 Å². The molecule has 0 saturated carbocycles. The zero-order chi connectivity index (χ0) is 26.0. The molecule has 0 spiro atoms. The maximum absolute atomic E-state index is 13.4. The number of carbonyl (C=O) groups is 2. The Labute approximate surface area is 210 Å². The zero-order valence-electron chi connectivity index (χ0n) is 20.7. The number of Topliss-reactive ketones (excluding diaryl/α,β-unsaturated/α-hetero) is 1. The van der Waals surface area contributed by atoms with E-state index in [0.29, 0.717) is 34.9 Å². The van der Waals surface area contributed by atoms with Crippen molar-refractivity contribution in [1.29, 1.82) is 0 Å². The van der Waals surface area contributed by atoms with Crippen LogP contribution in [0.5, 0.6) is 17.2 Å². The highest BCUT2D eigenvalue weighted by Crippen LogP contribution is 2.45. The Kier molecular flexibility index (Phi) is 7.01. The van der Waals surface area contributed by atoms with Crippen molar-refractivity contribution in [2.75, 3.05) is 18.6 Å². The van der Waals surface area contributed by atoms with Gasteiger partial charge in [0.2, 0.25) is 0 Å². The molecule has 186 valence electrons. The van der Waals surface area contributed by atoms with E-state index in [1.807, 2.05) is 20.8 Å². The minimum atomic E-state index is -0.934. The van der Waals surface area contributed by atoms with Crippen molar-refractivity contribution in [3.63, 3.8) is 0 Å². The lowest BCUT2D eigenvalue weighted by Crippen LogP contribution is -2.29. The first-order chi connectivity index (χ1) is 17.3. The minimum Gasteiger partial charge on any atom is -0.508 e. The monoisotopic (exact) mass is 487 g/mol. The maximum Gasteiger partial charge on any atom is 0.300 e. The third kappa shape index (κ3) is 4.40. The lowest BCUT2D eigenvalue weighted by molar-refractivity contribution is -0.132. The van der Waals surface area contributed by atoms with Crippen LogP contribution in [-0.4, -0.2) is 35.6 Å². The maximum atomic E-state index is 13.4. The number of phenolic OH excluding ortho intramolecular Hbond substituents is 1. The van der Waals surface area contributed by atoms with E-state index in [1.165, 1.54) is 24.1 Å². The van der Waals surface area contributed by atoms with E-state index in [0.717, 1.165) is 5.56 Å². The molecule has 7 heteroatoms. The zero-order valence-corrected chi connectivity index (χ0v) is 20.7. The molecule has 2 N–H and O–H groups in total. The molecule has 0 aliphatic carbocycles. The van der Waals surface area contributed by atoms with Gasteiger partial charge in [0.15, 0.2) is 0 Å². The Balaban J connectivity index is 1.95. The van der Waals surface area contributed by atoms with Crippen LogP contribution >= 0.6 is 0 Å². The lowest BCUT2D eigenvalue weighted by Gasteiger charge is -2.26. The number of hydrogen-bond acceptors (Lipinski definition) is 6. The van der Waals surface area contributed by atoms with E-state index in [2.05, 4.69) is 0 Å². The second-order valence-corrected chi connectivity index (χ2v) is 8.77. The molecular formula is C29H29NO6. The summed E-state index contributed by atoms with van der Waals surface area (Å²) in [5.41, 5.74) is 2.18. The average molecular weight is 488 g/mol. The molecule has 3 aromatic rings. The van der Waals surface area contributed by atoms with E-state index in [1.54, 1.807) is 54.6 Å². The van der Waals surface area contributed by atoms with Gasteiger partial charge in [-0.3, -0.25) is 14.5 Å². The van der Waals surface area contributed by atoms with Gasteiger partial charge >= 0.3 is 0 Å². The minimum absolute atomic E-state index is 0.0427. The Morgan fingerprint density at radius 3 is 2.33 bits per heavy atom. The second kappa shape index (κ2) is 10.2. The van der Waals surface area contributed by atoms with Crippen LogP contribution in [0.1, 0.15) is 49.4 Å². The second-order valence-electron chi connectivity index (χ2n) is 8.77. The van der Waals surface area contributed by atoms with Crippen molar-refractivity contribution in [2.24, 2.45) is 0 Å². The summed E-state index contributed by atoms with van der Waals surface area (Å²) in [6, 6.07) is 17.4. The number of carbonyl (C=O) groups excluding carboxylic acids is 2. The molecule has 0 radical (unpaired) electrons. The molecule has 1 saturated heterocycles. The molecule has 1 atom stereocenters. The van der Waals surface area contributed by atoms with Gasteiger partial charge in [0, 0.05) is 5.56 Å². The van der Waals surface area contributed by atoms with Crippen molar-refractivity contribution in [1.82, 2.24) is 0 Å². The fourth-order valence-corrected chi connectivity index (χ4v) is 4.47. The number of nitrogens with zero attached hydrogens (tertiary/aromatic N) is 1. The third-order valence-corrected chi connectivity index (χ3v) is 6.20. The highest BCUT2D eigenvalue weighted by molar-refractivity contribution is 6.51. The van der Waals surface area contributed by atoms with Crippen molar-refractivity contribution >= 4 is 23.1 Å². The molecule has 1 aliphatic rings. The number of ether oxygens (including phenoxy) is 2. The summed E-state index contributed by atoms with van der Waals surface area (Å²) in [4.78, 5) is 28.1. The van der Waals surface area contributed by atoms with Gasteiger partial charge in [0.25, 0.3) is 11.7 Å². The molecule has 3 aromatic carbocycles. The number of aromatic hydroxyl groups is 1. The molecule has 36 heavy (non-hydrogen) atoms. The first-order valence-electron chi connectivity index (χ1n) is 11.8. The van der Waals surface area contributed by atoms with E-state index < -0.39 is 17.7 Å². The van der Waals surface area contributed by atoms with Gasteiger partial charge in [-0.25, -0.2) is 0 Å². The number of ketones is 1. The highest BCUT2D eigenvalue weighted by Gasteiger charge is 2.47. The van der Waals surface area contributed by atoms with Crippen LogP contribution in [0.25, 0.3) is 5.76 Å². The molecule has 1 aliphatic heterocycles. The molecular weight excluding hydrogens is 458 g/mol. The van der Waals surface area contributed by atoms with Crippen LogP contribution in [0.2, 0.25) is 0 Å². The molecule has 1 fully saturated rings. The summed E-state index contributed by atoms with van der Waals surface area (Å²) >= 11 is 0. The molecule has 0 aromatic heterocycles. The largest absolute Gasteiger partial charge is 0.508 e. The Morgan fingerprint density at radius 2 is 1.69 bits per heavy atom. The van der Waals surface area contributed by atoms with Crippen LogP contribution in [0.3, 0.4) is 0 Å². The van der Waals surface area contributed by atoms with Crippen LogP contribution in [0, 0.1) is 0 Å². The summed E-state index contributed by atoms with van der Waals surface area (Å²) in [5.74, 6) is -0.622. The fraction of sp³-hybridized carbons (Fsp3) is 0.241. The number of benzene rings is 3. The van der Waals surface area contributed by atoms with Gasteiger partial charge in [-0.2, -0.15) is 0 Å². The quantitative estimate of drug-likeness (QED) is 0.258. The van der Waals surface area contributed by atoms with Gasteiger partial charge < -0.3 is 19.7 Å². The molecule has 4 rings (SSSR count). The molecule has 7 nitrogen and oxygen atoms in total. The normalized spacial score (nSPS) is 17.0. The number of aliphatic hydroxyl groups excluding tert-OH is 1. The van der Waals surface area contributed by atoms with Gasteiger partial charge in [-0.05, 0) is 66.4 Å². The topological polar surface area (TPSA) is 96.3 Å². The van der Waals surface area contributed by atoms with Crippen molar-refractivity contribution in [3.8, 4) is 17.2 Å². The number of rotatable bonds is 7. The first-order valence-corrected chi connectivity index (χ1v) is 11.8. The van der Waals surface area contributed by atoms with Crippen LogP contribution < -0.4 is 14.4 Å². The lowest BCUT2D eigenvalue weighted by atomic mass is 9.93. The number of amides is 1. The van der Waals surface area contributed by atoms with Gasteiger partial charge in [-0.15, -0.1) is 0 Å². The van der Waals surface area contributed by atoms with Gasteiger partial charge in [0.05, 0.1) is 31.0 Å². The molecule has 1 unspecified atom stereocenters. The number of aliphatic hydroxyl groups is 1.